The van der Waals surface area contributed by atoms with Crippen molar-refractivity contribution < 1.29 is 19.1 Å². The van der Waals surface area contributed by atoms with Gasteiger partial charge in [-0.15, -0.1) is 0 Å². The zero-order valence-electron chi connectivity index (χ0n) is 15.1. The first-order chi connectivity index (χ1) is 12.9. The van der Waals surface area contributed by atoms with Crippen LogP contribution in [0.3, 0.4) is 0 Å². The summed E-state index contributed by atoms with van der Waals surface area (Å²) in [5.41, 5.74) is 2.15. The van der Waals surface area contributed by atoms with Crippen molar-refractivity contribution >= 4 is 35.1 Å². The molecular formula is C20H21Cl2NO4. The van der Waals surface area contributed by atoms with E-state index in [1.54, 1.807) is 12.1 Å². The van der Waals surface area contributed by atoms with E-state index in [0.717, 1.165) is 17.5 Å². The van der Waals surface area contributed by atoms with Crippen LogP contribution in [0.15, 0.2) is 42.5 Å². The maximum absolute atomic E-state index is 12.1. The molecule has 0 unspecified atom stereocenters. The van der Waals surface area contributed by atoms with E-state index in [9.17, 15) is 9.59 Å². The predicted octanol–water partition coefficient (Wildman–Crippen LogP) is 4.49. The Morgan fingerprint density at radius 1 is 1.07 bits per heavy atom. The monoisotopic (exact) mass is 409 g/mol. The molecule has 0 aliphatic carbocycles. The van der Waals surface area contributed by atoms with Crippen LogP contribution in [0.1, 0.15) is 30.5 Å². The third-order valence-corrected chi connectivity index (χ3v) is 4.36. The maximum Gasteiger partial charge on any atom is 0.344 e. The molecule has 2 aromatic carbocycles. The highest BCUT2D eigenvalue weighted by Crippen LogP contribution is 2.27. The van der Waals surface area contributed by atoms with Crippen molar-refractivity contribution in [3.05, 3.63) is 63.6 Å². The van der Waals surface area contributed by atoms with E-state index < -0.39 is 5.97 Å². The Kier molecular flexibility index (Phi) is 7.95. The molecule has 1 amide bonds. The Morgan fingerprint density at radius 2 is 1.78 bits per heavy atom. The number of ether oxygens (including phenoxy) is 2. The van der Waals surface area contributed by atoms with E-state index in [1.807, 2.05) is 38.1 Å². The molecule has 0 aliphatic rings. The van der Waals surface area contributed by atoms with Crippen LogP contribution in [-0.4, -0.2) is 25.1 Å². The average Bonchev–Trinajstić information content (AvgIpc) is 2.64. The Balaban J connectivity index is 1.78. The molecule has 5 nitrogen and oxygen atoms in total. The van der Waals surface area contributed by atoms with Crippen LogP contribution < -0.4 is 10.1 Å². The number of carbonyl (C=O) groups is 2. The molecule has 0 radical (unpaired) electrons. The van der Waals surface area contributed by atoms with Crippen LogP contribution in [-0.2, 0) is 14.3 Å². The molecule has 0 heterocycles. The van der Waals surface area contributed by atoms with Gasteiger partial charge in [-0.2, -0.15) is 0 Å². The summed E-state index contributed by atoms with van der Waals surface area (Å²) in [7, 11) is 0. The van der Waals surface area contributed by atoms with E-state index >= 15 is 0 Å². The second-order valence-electron chi connectivity index (χ2n) is 5.96. The number of aryl methyl sites for hydroxylation is 1. The lowest BCUT2D eigenvalue weighted by molar-refractivity contribution is -0.150. The molecule has 0 aromatic heterocycles. The number of amides is 1. The predicted molar refractivity (Wildman–Crippen MR) is 105 cm³/mol. The zero-order valence-corrected chi connectivity index (χ0v) is 16.6. The van der Waals surface area contributed by atoms with Gasteiger partial charge in [0.1, 0.15) is 5.75 Å². The lowest BCUT2D eigenvalue weighted by Crippen LogP contribution is -2.33. The SMILES string of the molecule is CC[C@@H](NC(=O)COC(=O)COc1ccc(Cl)cc1Cl)c1ccc(C)cc1. The summed E-state index contributed by atoms with van der Waals surface area (Å²) in [6.07, 6.45) is 0.723. The molecule has 0 spiro atoms. The minimum atomic E-state index is -0.667. The van der Waals surface area contributed by atoms with Crippen molar-refractivity contribution in [1.82, 2.24) is 5.32 Å². The van der Waals surface area contributed by atoms with E-state index in [2.05, 4.69) is 5.32 Å². The number of hydrogen-bond donors (Lipinski definition) is 1. The van der Waals surface area contributed by atoms with Crippen molar-refractivity contribution in [3.8, 4) is 5.75 Å². The Bertz CT molecular complexity index is 793. The van der Waals surface area contributed by atoms with Gasteiger partial charge in [0.2, 0.25) is 0 Å². The standard InChI is InChI=1S/C20H21Cl2NO4/c1-3-17(14-6-4-13(2)5-7-14)23-19(24)11-27-20(25)12-26-18-9-8-15(21)10-16(18)22/h4-10,17H,3,11-12H2,1-2H3,(H,23,24)/t17-/m1/s1. The van der Waals surface area contributed by atoms with Crippen LogP contribution in [0.25, 0.3) is 0 Å². The van der Waals surface area contributed by atoms with E-state index in [0.29, 0.717) is 10.8 Å². The molecule has 0 fully saturated rings. The van der Waals surface area contributed by atoms with Gasteiger partial charge in [0.05, 0.1) is 11.1 Å². The number of nitrogens with one attached hydrogen (secondary N) is 1. The highest BCUT2D eigenvalue weighted by Gasteiger charge is 2.15. The minimum absolute atomic E-state index is 0.138. The highest BCUT2D eigenvalue weighted by atomic mass is 35.5. The lowest BCUT2D eigenvalue weighted by atomic mass is 10.0. The Hall–Kier alpha value is -2.24. The fourth-order valence-electron chi connectivity index (χ4n) is 2.37. The summed E-state index contributed by atoms with van der Waals surface area (Å²) in [5, 5.41) is 3.61. The maximum atomic E-state index is 12.1. The summed E-state index contributed by atoms with van der Waals surface area (Å²) in [6.45, 7) is 3.24. The smallest absolute Gasteiger partial charge is 0.344 e. The molecule has 2 rings (SSSR count). The second kappa shape index (κ2) is 10.2. The second-order valence-corrected chi connectivity index (χ2v) is 6.81. The quantitative estimate of drug-likeness (QED) is 0.652. The number of halogens is 2. The largest absolute Gasteiger partial charge is 0.480 e. The first-order valence-electron chi connectivity index (χ1n) is 8.48. The number of hydrogen-bond acceptors (Lipinski definition) is 4. The van der Waals surface area contributed by atoms with E-state index in [1.165, 1.54) is 6.07 Å². The molecule has 0 aliphatic heterocycles. The molecule has 0 saturated heterocycles. The van der Waals surface area contributed by atoms with Gasteiger partial charge in [-0.25, -0.2) is 4.79 Å². The zero-order chi connectivity index (χ0) is 19.8. The van der Waals surface area contributed by atoms with Gasteiger partial charge >= 0.3 is 5.97 Å². The molecule has 0 bridgehead atoms. The molecule has 7 heteroatoms. The summed E-state index contributed by atoms with van der Waals surface area (Å²) in [4.78, 5) is 23.8. The summed E-state index contributed by atoms with van der Waals surface area (Å²) in [5.74, 6) is -0.729. The first-order valence-corrected chi connectivity index (χ1v) is 9.24. The normalized spacial score (nSPS) is 11.6. The molecule has 144 valence electrons. The van der Waals surface area contributed by atoms with Gasteiger partial charge in [0, 0.05) is 5.02 Å². The minimum Gasteiger partial charge on any atom is -0.480 e. The van der Waals surface area contributed by atoms with Crippen LogP contribution in [0.5, 0.6) is 5.75 Å². The van der Waals surface area contributed by atoms with Gasteiger partial charge in [0.15, 0.2) is 13.2 Å². The number of rotatable bonds is 8. The van der Waals surface area contributed by atoms with Gasteiger partial charge in [0.25, 0.3) is 5.91 Å². The average molecular weight is 410 g/mol. The Morgan fingerprint density at radius 3 is 2.41 bits per heavy atom. The fourth-order valence-corrected chi connectivity index (χ4v) is 2.84. The van der Waals surface area contributed by atoms with Gasteiger partial charge < -0.3 is 14.8 Å². The molecule has 0 saturated carbocycles. The molecule has 1 N–H and O–H groups in total. The lowest BCUT2D eigenvalue weighted by Gasteiger charge is -2.17. The van der Waals surface area contributed by atoms with Crippen molar-refractivity contribution in [2.75, 3.05) is 13.2 Å². The molecular weight excluding hydrogens is 389 g/mol. The van der Waals surface area contributed by atoms with Crippen LogP contribution in [0, 0.1) is 6.92 Å². The van der Waals surface area contributed by atoms with Gasteiger partial charge in [-0.3, -0.25) is 4.79 Å². The van der Waals surface area contributed by atoms with Crippen LogP contribution in [0.4, 0.5) is 0 Å². The van der Waals surface area contributed by atoms with Crippen LogP contribution >= 0.6 is 23.2 Å². The van der Waals surface area contributed by atoms with E-state index in [-0.39, 0.29) is 30.2 Å². The molecule has 1 atom stereocenters. The molecule has 27 heavy (non-hydrogen) atoms. The van der Waals surface area contributed by atoms with Crippen molar-refractivity contribution in [2.24, 2.45) is 0 Å². The summed E-state index contributed by atoms with van der Waals surface area (Å²) >= 11 is 11.7. The van der Waals surface area contributed by atoms with Gasteiger partial charge in [-0.05, 0) is 37.1 Å². The number of benzene rings is 2. The fraction of sp³-hybridized carbons (Fsp3) is 0.300. The first kappa shape index (κ1) is 21.1. The van der Waals surface area contributed by atoms with Crippen molar-refractivity contribution in [3.63, 3.8) is 0 Å². The highest BCUT2D eigenvalue weighted by molar-refractivity contribution is 6.35. The Labute approximate surface area is 168 Å². The van der Waals surface area contributed by atoms with Crippen molar-refractivity contribution in [2.45, 2.75) is 26.3 Å². The van der Waals surface area contributed by atoms with Gasteiger partial charge in [-0.1, -0.05) is 60.0 Å². The third-order valence-electron chi connectivity index (χ3n) is 3.83. The number of esters is 1. The van der Waals surface area contributed by atoms with Crippen LogP contribution in [0.2, 0.25) is 10.0 Å². The summed E-state index contributed by atoms with van der Waals surface area (Å²) < 4.78 is 10.2. The summed E-state index contributed by atoms with van der Waals surface area (Å²) in [6, 6.07) is 12.4. The van der Waals surface area contributed by atoms with Crippen molar-refractivity contribution in [1.29, 1.82) is 0 Å². The molecule has 2 aromatic rings. The number of carbonyl (C=O) groups excluding carboxylic acids is 2. The topological polar surface area (TPSA) is 64.6 Å². The van der Waals surface area contributed by atoms with E-state index in [4.69, 9.17) is 32.7 Å². The third kappa shape index (κ3) is 6.77.